The smallest absolute Gasteiger partial charge is 0.251 e. The third-order valence-electron chi connectivity index (χ3n) is 4.95. The van der Waals surface area contributed by atoms with Crippen LogP contribution in [0.1, 0.15) is 28.9 Å². The SMILES string of the molecule is CC(c1ccc2c(c1)OCO2)N1CCN(c2ncc(C(N)=O)cn2)CC1. The quantitative estimate of drug-likeness (QED) is 0.880. The summed E-state index contributed by atoms with van der Waals surface area (Å²) in [5.74, 6) is 1.74. The molecule has 1 aromatic heterocycles. The summed E-state index contributed by atoms with van der Waals surface area (Å²) in [6, 6.07) is 6.41. The third kappa shape index (κ3) is 3.15. The minimum Gasteiger partial charge on any atom is -0.454 e. The van der Waals surface area contributed by atoms with E-state index in [0.717, 1.165) is 37.7 Å². The standard InChI is InChI=1S/C18H21N5O3/c1-12(13-2-3-15-16(8-13)26-11-25-15)22-4-6-23(7-5-22)18-20-9-14(10-21-18)17(19)24/h2-3,8-10,12H,4-7,11H2,1H3,(H2,19,24). The second-order valence-corrected chi connectivity index (χ2v) is 6.45. The van der Waals surface area contributed by atoms with Gasteiger partial charge >= 0.3 is 0 Å². The van der Waals surface area contributed by atoms with E-state index in [1.165, 1.54) is 18.0 Å². The summed E-state index contributed by atoms with van der Waals surface area (Å²) in [7, 11) is 0. The fourth-order valence-corrected chi connectivity index (χ4v) is 3.30. The Morgan fingerprint density at radius 3 is 2.50 bits per heavy atom. The van der Waals surface area contributed by atoms with E-state index in [-0.39, 0.29) is 6.04 Å². The second kappa shape index (κ2) is 6.80. The molecule has 0 bridgehead atoms. The van der Waals surface area contributed by atoms with Gasteiger partial charge in [-0.25, -0.2) is 9.97 Å². The number of carbonyl (C=O) groups is 1. The molecule has 1 amide bonds. The van der Waals surface area contributed by atoms with Crippen LogP contribution in [0.4, 0.5) is 5.95 Å². The average molecular weight is 355 g/mol. The van der Waals surface area contributed by atoms with Gasteiger partial charge in [-0.1, -0.05) is 6.07 Å². The van der Waals surface area contributed by atoms with Crippen LogP contribution in [-0.4, -0.2) is 53.7 Å². The predicted molar refractivity (Wildman–Crippen MR) is 95.3 cm³/mol. The van der Waals surface area contributed by atoms with Gasteiger partial charge in [-0.05, 0) is 24.6 Å². The maximum Gasteiger partial charge on any atom is 0.251 e. The van der Waals surface area contributed by atoms with Gasteiger partial charge < -0.3 is 20.1 Å². The number of hydrogen-bond donors (Lipinski definition) is 1. The lowest BCUT2D eigenvalue weighted by Crippen LogP contribution is -2.47. The number of hydrogen-bond acceptors (Lipinski definition) is 7. The Kier molecular flexibility index (Phi) is 4.34. The molecule has 4 rings (SSSR count). The Labute approximate surface area is 151 Å². The van der Waals surface area contributed by atoms with Crippen molar-refractivity contribution >= 4 is 11.9 Å². The molecule has 1 saturated heterocycles. The topological polar surface area (TPSA) is 93.8 Å². The number of piperazine rings is 1. The summed E-state index contributed by atoms with van der Waals surface area (Å²) in [5.41, 5.74) is 6.76. The summed E-state index contributed by atoms with van der Waals surface area (Å²) in [5, 5.41) is 0. The van der Waals surface area contributed by atoms with E-state index in [1.54, 1.807) is 0 Å². The number of ether oxygens (including phenoxy) is 2. The average Bonchev–Trinajstić information content (AvgIpc) is 3.15. The highest BCUT2D eigenvalue weighted by atomic mass is 16.7. The van der Waals surface area contributed by atoms with Crippen LogP contribution in [0.25, 0.3) is 0 Å². The lowest BCUT2D eigenvalue weighted by molar-refractivity contribution is 0.0999. The van der Waals surface area contributed by atoms with Gasteiger partial charge in [0, 0.05) is 44.6 Å². The van der Waals surface area contributed by atoms with Crippen LogP contribution in [0, 0.1) is 0 Å². The largest absolute Gasteiger partial charge is 0.454 e. The van der Waals surface area contributed by atoms with Crippen molar-refractivity contribution in [3.8, 4) is 11.5 Å². The van der Waals surface area contributed by atoms with E-state index in [9.17, 15) is 4.79 Å². The molecule has 0 spiro atoms. The fraction of sp³-hybridized carbons (Fsp3) is 0.389. The molecule has 0 radical (unpaired) electrons. The highest BCUT2D eigenvalue weighted by Crippen LogP contribution is 2.35. The molecule has 0 saturated carbocycles. The molecule has 136 valence electrons. The number of primary amides is 1. The molecule has 0 aliphatic carbocycles. The normalized spacial score (nSPS) is 18.0. The fourth-order valence-electron chi connectivity index (χ4n) is 3.30. The highest BCUT2D eigenvalue weighted by Gasteiger charge is 2.25. The first-order valence-corrected chi connectivity index (χ1v) is 8.62. The first kappa shape index (κ1) is 16.6. The van der Waals surface area contributed by atoms with E-state index < -0.39 is 5.91 Å². The molecule has 1 unspecified atom stereocenters. The van der Waals surface area contributed by atoms with Crippen LogP contribution < -0.4 is 20.1 Å². The van der Waals surface area contributed by atoms with Crippen molar-refractivity contribution in [2.45, 2.75) is 13.0 Å². The number of nitrogens with two attached hydrogens (primary N) is 1. The van der Waals surface area contributed by atoms with Crippen molar-refractivity contribution in [2.24, 2.45) is 5.73 Å². The number of benzene rings is 1. The maximum absolute atomic E-state index is 11.1. The molecule has 3 heterocycles. The van der Waals surface area contributed by atoms with Crippen LogP contribution in [0.3, 0.4) is 0 Å². The van der Waals surface area contributed by atoms with E-state index in [0.29, 0.717) is 18.3 Å². The van der Waals surface area contributed by atoms with Gasteiger partial charge in [0.15, 0.2) is 11.5 Å². The second-order valence-electron chi connectivity index (χ2n) is 6.45. The summed E-state index contributed by atoms with van der Waals surface area (Å²) >= 11 is 0. The molecule has 2 aromatic rings. The molecular formula is C18H21N5O3. The van der Waals surface area contributed by atoms with Crippen molar-refractivity contribution in [3.63, 3.8) is 0 Å². The summed E-state index contributed by atoms with van der Waals surface area (Å²) in [6.07, 6.45) is 2.96. The number of nitrogens with zero attached hydrogens (tertiary/aromatic N) is 4. The van der Waals surface area contributed by atoms with Crippen molar-refractivity contribution < 1.29 is 14.3 Å². The van der Waals surface area contributed by atoms with Gasteiger partial charge in [0.25, 0.3) is 5.91 Å². The molecule has 2 N–H and O–H groups in total. The Morgan fingerprint density at radius 1 is 1.12 bits per heavy atom. The minimum absolute atomic E-state index is 0.282. The molecule has 2 aliphatic heterocycles. The van der Waals surface area contributed by atoms with Crippen LogP contribution in [0.2, 0.25) is 0 Å². The van der Waals surface area contributed by atoms with Crippen LogP contribution in [0.15, 0.2) is 30.6 Å². The number of aromatic nitrogens is 2. The van der Waals surface area contributed by atoms with E-state index in [1.807, 2.05) is 6.07 Å². The lowest BCUT2D eigenvalue weighted by Gasteiger charge is -2.38. The van der Waals surface area contributed by atoms with E-state index >= 15 is 0 Å². The van der Waals surface area contributed by atoms with E-state index in [2.05, 4.69) is 38.8 Å². The summed E-state index contributed by atoms with van der Waals surface area (Å²) in [6.45, 7) is 5.94. The Balaban J connectivity index is 1.39. The molecule has 2 aliphatic rings. The third-order valence-corrected chi connectivity index (χ3v) is 4.95. The molecule has 1 fully saturated rings. The van der Waals surface area contributed by atoms with Crippen molar-refractivity contribution in [2.75, 3.05) is 37.9 Å². The summed E-state index contributed by atoms with van der Waals surface area (Å²) in [4.78, 5) is 24.2. The van der Waals surface area contributed by atoms with Crippen molar-refractivity contribution in [1.82, 2.24) is 14.9 Å². The number of carbonyl (C=O) groups excluding carboxylic acids is 1. The van der Waals surface area contributed by atoms with Crippen molar-refractivity contribution in [1.29, 1.82) is 0 Å². The predicted octanol–water partition coefficient (Wildman–Crippen LogP) is 1.19. The highest BCUT2D eigenvalue weighted by molar-refractivity contribution is 5.92. The van der Waals surface area contributed by atoms with Gasteiger partial charge in [-0.2, -0.15) is 0 Å². The Bertz CT molecular complexity index is 803. The monoisotopic (exact) mass is 355 g/mol. The molecule has 8 nitrogen and oxygen atoms in total. The van der Waals surface area contributed by atoms with Gasteiger partial charge in [0.2, 0.25) is 12.7 Å². The zero-order valence-corrected chi connectivity index (χ0v) is 14.6. The molecular weight excluding hydrogens is 334 g/mol. The number of anilines is 1. The number of fused-ring (bicyclic) bond motifs is 1. The number of rotatable bonds is 4. The molecule has 8 heteroatoms. The zero-order valence-electron chi connectivity index (χ0n) is 14.6. The lowest BCUT2D eigenvalue weighted by atomic mass is 10.1. The van der Waals surface area contributed by atoms with Crippen molar-refractivity contribution in [3.05, 3.63) is 41.7 Å². The Hall–Kier alpha value is -2.87. The van der Waals surface area contributed by atoms with Crippen LogP contribution in [-0.2, 0) is 0 Å². The molecule has 1 aromatic carbocycles. The van der Waals surface area contributed by atoms with Gasteiger partial charge in [0.05, 0.1) is 5.56 Å². The van der Waals surface area contributed by atoms with Crippen LogP contribution >= 0.6 is 0 Å². The minimum atomic E-state index is -0.515. The first-order chi connectivity index (χ1) is 12.6. The first-order valence-electron chi connectivity index (χ1n) is 8.62. The molecule has 26 heavy (non-hydrogen) atoms. The van der Waals surface area contributed by atoms with Gasteiger partial charge in [0.1, 0.15) is 0 Å². The zero-order chi connectivity index (χ0) is 18.1. The Morgan fingerprint density at radius 2 is 1.81 bits per heavy atom. The van der Waals surface area contributed by atoms with Gasteiger partial charge in [-0.15, -0.1) is 0 Å². The van der Waals surface area contributed by atoms with Gasteiger partial charge in [-0.3, -0.25) is 9.69 Å². The molecule has 1 atom stereocenters. The maximum atomic E-state index is 11.1. The summed E-state index contributed by atoms with van der Waals surface area (Å²) < 4.78 is 10.9. The number of amides is 1. The van der Waals surface area contributed by atoms with Crippen LogP contribution in [0.5, 0.6) is 11.5 Å². The van der Waals surface area contributed by atoms with E-state index in [4.69, 9.17) is 15.2 Å².